The zero-order valence-corrected chi connectivity index (χ0v) is 9.34. The number of carbonyl (C=O) groups excluding carboxylic acids is 1. The number of hydrogen-bond donors (Lipinski definition) is 3. The smallest absolute Gasteiger partial charge is 0.240 e. The molecular weight excluding hydrogens is 180 g/mol. The maximum atomic E-state index is 11.7. The van der Waals surface area contributed by atoms with E-state index in [1.807, 2.05) is 20.8 Å². The van der Waals surface area contributed by atoms with Crippen molar-refractivity contribution in [1.82, 2.24) is 5.32 Å². The Kier molecular flexibility index (Phi) is 5.72. The number of nitrogens with two attached hydrogens (primary N) is 1. The van der Waals surface area contributed by atoms with Crippen molar-refractivity contribution in [1.29, 1.82) is 0 Å². The summed E-state index contributed by atoms with van der Waals surface area (Å²) >= 11 is 0. The molecule has 0 aliphatic rings. The summed E-state index contributed by atoms with van der Waals surface area (Å²) in [4.78, 5) is 11.7. The van der Waals surface area contributed by atoms with Gasteiger partial charge < -0.3 is 16.2 Å². The van der Waals surface area contributed by atoms with Gasteiger partial charge in [-0.25, -0.2) is 0 Å². The van der Waals surface area contributed by atoms with Crippen LogP contribution in [0.5, 0.6) is 0 Å². The molecule has 0 aromatic heterocycles. The SMILES string of the molecule is CCC(CO)NC(=O)C(N)(CC)CC. The van der Waals surface area contributed by atoms with E-state index in [1.54, 1.807) is 0 Å². The number of rotatable bonds is 6. The lowest BCUT2D eigenvalue weighted by molar-refractivity contribution is -0.127. The van der Waals surface area contributed by atoms with Gasteiger partial charge in [-0.05, 0) is 19.3 Å². The molecule has 0 spiro atoms. The van der Waals surface area contributed by atoms with Gasteiger partial charge in [-0.3, -0.25) is 4.79 Å². The van der Waals surface area contributed by atoms with Crippen LogP contribution in [0.15, 0.2) is 0 Å². The third-order valence-corrected chi connectivity index (χ3v) is 2.76. The van der Waals surface area contributed by atoms with Crippen LogP contribution in [-0.2, 0) is 4.79 Å². The highest BCUT2D eigenvalue weighted by molar-refractivity contribution is 5.86. The van der Waals surface area contributed by atoms with E-state index in [1.165, 1.54) is 0 Å². The second kappa shape index (κ2) is 5.98. The molecule has 1 unspecified atom stereocenters. The summed E-state index contributed by atoms with van der Waals surface area (Å²) in [6, 6.07) is -0.177. The zero-order chi connectivity index (χ0) is 11.2. The van der Waals surface area contributed by atoms with E-state index in [0.29, 0.717) is 19.3 Å². The maximum Gasteiger partial charge on any atom is 0.240 e. The third kappa shape index (κ3) is 3.27. The highest BCUT2D eigenvalue weighted by Gasteiger charge is 2.30. The molecule has 0 radical (unpaired) electrons. The molecule has 0 bridgehead atoms. The second-order valence-electron chi connectivity index (χ2n) is 3.62. The molecule has 14 heavy (non-hydrogen) atoms. The first-order chi connectivity index (χ1) is 6.53. The Hall–Kier alpha value is -0.610. The van der Waals surface area contributed by atoms with Crippen molar-refractivity contribution in [3.63, 3.8) is 0 Å². The molecular formula is C10H22N2O2. The Morgan fingerprint density at radius 2 is 1.93 bits per heavy atom. The Balaban J connectivity index is 4.30. The first kappa shape index (κ1) is 13.4. The maximum absolute atomic E-state index is 11.7. The summed E-state index contributed by atoms with van der Waals surface area (Å²) in [5, 5.41) is 11.7. The van der Waals surface area contributed by atoms with Gasteiger partial charge in [-0.15, -0.1) is 0 Å². The van der Waals surface area contributed by atoms with Gasteiger partial charge in [0.2, 0.25) is 5.91 Å². The van der Waals surface area contributed by atoms with E-state index < -0.39 is 5.54 Å². The van der Waals surface area contributed by atoms with E-state index >= 15 is 0 Å². The zero-order valence-electron chi connectivity index (χ0n) is 9.34. The largest absolute Gasteiger partial charge is 0.394 e. The van der Waals surface area contributed by atoms with Crippen molar-refractivity contribution >= 4 is 5.91 Å². The third-order valence-electron chi connectivity index (χ3n) is 2.76. The van der Waals surface area contributed by atoms with Crippen LogP contribution < -0.4 is 11.1 Å². The van der Waals surface area contributed by atoms with E-state index in [-0.39, 0.29) is 18.6 Å². The van der Waals surface area contributed by atoms with Gasteiger partial charge in [0.15, 0.2) is 0 Å². The fourth-order valence-electron chi connectivity index (χ4n) is 1.18. The van der Waals surface area contributed by atoms with Crippen LogP contribution in [0.3, 0.4) is 0 Å². The van der Waals surface area contributed by atoms with Gasteiger partial charge in [0.05, 0.1) is 18.2 Å². The van der Waals surface area contributed by atoms with Crippen LogP contribution in [0.2, 0.25) is 0 Å². The highest BCUT2D eigenvalue weighted by atomic mass is 16.3. The van der Waals surface area contributed by atoms with E-state index in [2.05, 4.69) is 5.32 Å². The normalized spacial score (nSPS) is 13.8. The van der Waals surface area contributed by atoms with Gasteiger partial charge in [-0.2, -0.15) is 0 Å². The van der Waals surface area contributed by atoms with Crippen LogP contribution in [0.1, 0.15) is 40.0 Å². The topological polar surface area (TPSA) is 75.3 Å². The molecule has 1 atom stereocenters. The average Bonchev–Trinajstić information content (AvgIpc) is 2.24. The van der Waals surface area contributed by atoms with Gasteiger partial charge in [0.25, 0.3) is 0 Å². The van der Waals surface area contributed by atoms with Crippen molar-refractivity contribution in [3.8, 4) is 0 Å². The predicted octanol–water partition coefficient (Wildman–Crippen LogP) is 0.391. The molecule has 0 aromatic carbocycles. The minimum atomic E-state index is -0.789. The molecule has 4 nitrogen and oxygen atoms in total. The number of aliphatic hydroxyl groups excluding tert-OH is 1. The Morgan fingerprint density at radius 3 is 2.21 bits per heavy atom. The van der Waals surface area contributed by atoms with Crippen LogP contribution in [0, 0.1) is 0 Å². The Labute approximate surface area is 85.9 Å². The van der Waals surface area contributed by atoms with Crippen LogP contribution in [0.25, 0.3) is 0 Å². The summed E-state index contributed by atoms with van der Waals surface area (Å²) in [6.07, 6.45) is 1.93. The van der Waals surface area contributed by atoms with E-state index in [0.717, 1.165) is 0 Å². The number of carbonyl (C=O) groups is 1. The van der Waals surface area contributed by atoms with E-state index in [9.17, 15) is 4.79 Å². The lowest BCUT2D eigenvalue weighted by atomic mass is 9.93. The first-order valence-corrected chi connectivity index (χ1v) is 5.24. The number of amides is 1. The lowest BCUT2D eigenvalue weighted by Crippen LogP contribution is -2.56. The summed E-state index contributed by atoms with van der Waals surface area (Å²) in [5.41, 5.74) is 5.12. The second-order valence-corrected chi connectivity index (χ2v) is 3.62. The van der Waals surface area contributed by atoms with Crippen LogP contribution >= 0.6 is 0 Å². The van der Waals surface area contributed by atoms with Crippen molar-refractivity contribution < 1.29 is 9.90 Å². The predicted molar refractivity (Wildman–Crippen MR) is 56.8 cm³/mol. The molecule has 0 rings (SSSR count). The van der Waals surface area contributed by atoms with Crippen molar-refractivity contribution in [2.45, 2.75) is 51.6 Å². The molecule has 84 valence electrons. The molecule has 4 heteroatoms. The summed E-state index contributed by atoms with van der Waals surface area (Å²) < 4.78 is 0. The molecule has 0 aliphatic carbocycles. The Morgan fingerprint density at radius 1 is 1.43 bits per heavy atom. The van der Waals surface area contributed by atoms with Crippen molar-refractivity contribution in [2.75, 3.05) is 6.61 Å². The van der Waals surface area contributed by atoms with Crippen LogP contribution in [-0.4, -0.2) is 29.2 Å². The monoisotopic (exact) mass is 202 g/mol. The lowest BCUT2D eigenvalue weighted by Gasteiger charge is -2.27. The molecule has 0 saturated carbocycles. The number of nitrogens with one attached hydrogen (secondary N) is 1. The van der Waals surface area contributed by atoms with Crippen molar-refractivity contribution in [3.05, 3.63) is 0 Å². The molecule has 4 N–H and O–H groups in total. The molecule has 0 fully saturated rings. The molecule has 0 heterocycles. The number of aliphatic hydroxyl groups is 1. The number of hydrogen-bond acceptors (Lipinski definition) is 3. The summed E-state index contributed by atoms with van der Waals surface area (Å²) in [5.74, 6) is -0.164. The van der Waals surface area contributed by atoms with Gasteiger partial charge in [-0.1, -0.05) is 20.8 Å². The average molecular weight is 202 g/mol. The van der Waals surface area contributed by atoms with Crippen molar-refractivity contribution in [2.24, 2.45) is 5.73 Å². The molecule has 0 saturated heterocycles. The van der Waals surface area contributed by atoms with Gasteiger partial charge in [0, 0.05) is 0 Å². The summed E-state index contributed by atoms with van der Waals surface area (Å²) in [7, 11) is 0. The standard InChI is InChI=1S/C10H22N2O2/c1-4-8(7-13)12-9(14)10(11,5-2)6-3/h8,13H,4-7,11H2,1-3H3,(H,12,14). The molecule has 1 amide bonds. The van der Waals surface area contributed by atoms with Gasteiger partial charge in [0.1, 0.15) is 0 Å². The van der Waals surface area contributed by atoms with Crippen LogP contribution in [0.4, 0.5) is 0 Å². The van der Waals surface area contributed by atoms with E-state index in [4.69, 9.17) is 10.8 Å². The minimum Gasteiger partial charge on any atom is -0.394 e. The minimum absolute atomic E-state index is 0.0360. The highest BCUT2D eigenvalue weighted by Crippen LogP contribution is 2.11. The fourth-order valence-corrected chi connectivity index (χ4v) is 1.18. The van der Waals surface area contributed by atoms with Gasteiger partial charge >= 0.3 is 0 Å². The molecule has 0 aromatic rings. The quantitative estimate of drug-likeness (QED) is 0.583. The summed E-state index contributed by atoms with van der Waals surface area (Å²) in [6.45, 7) is 5.66. The fraction of sp³-hybridized carbons (Fsp3) is 0.900. The first-order valence-electron chi connectivity index (χ1n) is 5.24. The molecule has 0 aliphatic heterocycles. The Bertz CT molecular complexity index is 175.